The Morgan fingerprint density at radius 2 is 2.41 bits per heavy atom. The SMILES string of the molecule is CC(N)C1CN(C(=O)c2cccn2C)CCO1. The topological polar surface area (TPSA) is 60.5 Å². The van der Waals surface area contributed by atoms with Crippen molar-refractivity contribution < 1.29 is 9.53 Å². The summed E-state index contributed by atoms with van der Waals surface area (Å²) in [5.41, 5.74) is 6.51. The standard InChI is InChI=1S/C12H19N3O2/c1-9(13)11-8-15(6-7-17-11)12(16)10-4-3-5-14(10)2/h3-5,9,11H,6-8,13H2,1-2H3. The van der Waals surface area contributed by atoms with E-state index < -0.39 is 0 Å². The van der Waals surface area contributed by atoms with Crippen LogP contribution in [0.3, 0.4) is 0 Å². The number of hydrogen-bond donors (Lipinski definition) is 1. The highest BCUT2D eigenvalue weighted by Gasteiger charge is 2.27. The molecule has 1 aromatic rings. The molecular weight excluding hydrogens is 218 g/mol. The van der Waals surface area contributed by atoms with Gasteiger partial charge < -0.3 is 19.9 Å². The minimum absolute atomic E-state index is 0.0476. The lowest BCUT2D eigenvalue weighted by molar-refractivity contribution is -0.0302. The Balaban J connectivity index is 2.07. The summed E-state index contributed by atoms with van der Waals surface area (Å²) in [4.78, 5) is 14.1. The van der Waals surface area contributed by atoms with Crippen molar-refractivity contribution in [2.45, 2.75) is 19.1 Å². The Bertz CT molecular complexity index is 400. The van der Waals surface area contributed by atoms with Gasteiger partial charge in [0, 0.05) is 32.4 Å². The molecule has 0 saturated carbocycles. The first-order valence-corrected chi connectivity index (χ1v) is 5.87. The molecule has 1 saturated heterocycles. The molecule has 0 aliphatic carbocycles. The fraction of sp³-hybridized carbons (Fsp3) is 0.583. The van der Waals surface area contributed by atoms with Gasteiger partial charge in [-0.25, -0.2) is 0 Å². The third-order valence-electron chi connectivity index (χ3n) is 3.13. The summed E-state index contributed by atoms with van der Waals surface area (Å²) < 4.78 is 7.37. The van der Waals surface area contributed by atoms with E-state index in [4.69, 9.17) is 10.5 Å². The number of carbonyl (C=O) groups excluding carboxylic acids is 1. The van der Waals surface area contributed by atoms with Crippen LogP contribution < -0.4 is 5.73 Å². The number of morpholine rings is 1. The highest BCUT2D eigenvalue weighted by atomic mass is 16.5. The van der Waals surface area contributed by atoms with E-state index >= 15 is 0 Å². The number of carbonyl (C=O) groups is 1. The first kappa shape index (κ1) is 12.1. The predicted molar refractivity (Wildman–Crippen MR) is 64.7 cm³/mol. The molecule has 2 rings (SSSR count). The van der Waals surface area contributed by atoms with Gasteiger partial charge in [0.05, 0.1) is 12.7 Å². The summed E-state index contributed by atoms with van der Waals surface area (Å²) in [6, 6.07) is 3.65. The Labute approximate surface area is 101 Å². The van der Waals surface area contributed by atoms with Crippen LogP contribution in [0, 0.1) is 0 Å². The minimum Gasteiger partial charge on any atom is -0.373 e. The van der Waals surface area contributed by atoms with Crippen molar-refractivity contribution in [2.75, 3.05) is 19.7 Å². The van der Waals surface area contributed by atoms with Crippen molar-refractivity contribution in [3.8, 4) is 0 Å². The van der Waals surface area contributed by atoms with E-state index in [0.717, 1.165) is 0 Å². The Morgan fingerprint density at radius 3 is 3.00 bits per heavy atom. The molecule has 0 aromatic carbocycles. The molecule has 1 aliphatic rings. The smallest absolute Gasteiger partial charge is 0.270 e. The monoisotopic (exact) mass is 237 g/mol. The minimum atomic E-state index is -0.0621. The molecule has 94 valence electrons. The van der Waals surface area contributed by atoms with Gasteiger partial charge in [-0.3, -0.25) is 4.79 Å². The van der Waals surface area contributed by atoms with Crippen LogP contribution >= 0.6 is 0 Å². The predicted octanol–water partition coefficient (Wildman–Crippen LogP) is 0.213. The van der Waals surface area contributed by atoms with Crippen LogP contribution in [-0.2, 0) is 11.8 Å². The number of amides is 1. The zero-order valence-corrected chi connectivity index (χ0v) is 10.3. The lowest BCUT2D eigenvalue weighted by atomic mass is 10.1. The summed E-state index contributed by atoms with van der Waals surface area (Å²) >= 11 is 0. The van der Waals surface area contributed by atoms with Gasteiger partial charge in [0.15, 0.2) is 0 Å². The van der Waals surface area contributed by atoms with Crippen LogP contribution in [0.1, 0.15) is 17.4 Å². The maximum Gasteiger partial charge on any atom is 0.270 e. The highest BCUT2D eigenvalue weighted by molar-refractivity contribution is 5.92. The normalized spacial score (nSPS) is 22.5. The Kier molecular flexibility index (Phi) is 3.49. The van der Waals surface area contributed by atoms with Gasteiger partial charge in [0.1, 0.15) is 5.69 Å². The first-order chi connectivity index (χ1) is 8.09. The van der Waals surface area contributed by atoms with Crippen LogP contribution in [-0.4, -0.2) is 47.2 Å². The molecule has 5 nitrogen and oxygen atoms in total. The molecule has 2 unspecified atom stereocenters. The third kappa shape index (κ3) is 2.50. The average molecular weight is 237 g/mol. The van der Waals surface area contributed by atoms with Gasteiger partial charge in [-0.05, 0) is 19.1 Å². The van der Waals surface area contributed by atoms with Crippen molar-refractivity contribution in [2.24, 2.45) is 12.8 Å². The maximum atomic E-state index is 12.3. The van der Waals surface area contributed by atoms with E-state index in [1.54, 1.807) is 0 Å². The molecule has 1 amide bonds. The number of nitrogens with zero attached hydrogens (tertiary/aromatic N) is 2. The molecule has 0 spiro atoms. The summed E-state index contributed by atoms with van der Waals surface area (Å²) in [5.74, 6) is 0.0476. The van der Waals surface area contributed by atoms with E-state index in [0.29, 0.717) is 25.4 Å². The van der Waals surface area contributed by atoms with Gasteiger partial charge in [0.25, 0.3) is 5.91 Å². The van der Waals surface area contributed by atoms with Crippen LogP contribution in [0.4, 0.5) is 0 Å². The summed E-state index contributed by atoms with van der Waals surface area (Å²) in [6.45, 7) is 3.67. The van der Waals surface area contributed by atoms with E-state index in [1.165, 1.54) is 0 Å². The van der Waals surface area contributed by atoms with E-state index in [9.17, 15) is 4.79 Å². The number of aryl methyl sites for hydroxylation is 1. The molecule has 2 N–H and O–H groups in total. The van der Waals surface area contributed by atoms with Crippen LogP contribution in [0.5, 0.6) is 0 Å². The van der Waals surface area contributed by atoms with Gasteiger partial charge in [-0.15, -0.1) is 0 Å². The van der Waals surface area contributed by atoms with Crippen molar-refractivity contribution in [1.29, 1.82) is 0 Å². The van der Waals surface area contributed by atoms with Crippen LogP contribution in [0.25, 0.3) is 0 Å². The van der Waals surface area contributed by atoms with Crippen molar-refractivity contribution >= 4 is 5.91 Å². The van der Waals surface area contributed by atoms with Gasteiger partial charge in [-0.2, -0.15) is 0 Å². The molecule has 5 heteroatoms. The molecule has 2 atom stereocenters. The number of rotatable bonds is 2. The molecule has 2 heterocycles. The second-order valence-corrected chi connectivity index (χ2v) is 4.52. The number of ether oxygens (including phenoxy) is 1. The van der Waals surface area contributed by atoms with Crippen molar-refractivity contribution in [3.05, 3.63) is 24.0 Å². The molecule has 1 aliphatic heterocycles. The van der Waals surface area contributed by atoms with Gasteiger partial charge in [0.2, 0.25) is 0 Å². The number of hydrogen-bond acceptors (Lipinski definition) is 3. The zero-order chi connectivity index (χ0) is 12.4. The zero-order valence-electron chi connectivity index (χ0n) is 10.3. The van der Waals surface area contributed by atoms with E-state index in [1.807, 2.05) is 41.8 Å². The van der Waals surface area contributed by atoms with Gasteiger partial charge >= 0.3 is 0 Å². The summed E-state index contributed by atoms with van der Waals surface area (Å²) in [5, 5.41) is 0. The average Bonchev–Trinajstić information content (AvgIpc) is 2.74. The lowest BCUT2D eigenvalue weighted by Crippen LogP contribution is -2.51. The number of nitrogens with two attached hydrogens (primary N) is 1. The lowest BCUT2D eigenvalue weighted by Gasteiger charge is -2.34. The largest absolute Gasteiger partial charge is 0.373 e. The Morgan fingerprint density at radius 1 is 1.65 bits per heavy atom. The molecule has 0 radical (unpaired) electrons. The second kappa shape index (κ2) is 4.89. The maximum absolute atomic E-state index is 12.3. The highest BCUT2D eigenvalue weighted by Crippen LogP contribution is 2.12. The van der Waals surface area contributed by atoms with E-state index in [2.05, 4.69) is 0 Å². The molecular formula is C12H19N3O2. The summed E-state index contributed by atoms with van der Waals surface area (Å²) in [7, 11) is 1.87. The first-order valence-electron chi connectivity index (χ1n) is 5.87. The van der Waals surface area contributed by atoms with Crippen molar-refractivity contribution in [3.63, 3.8) is 0 Å². The number of aromatic nitrogens is 1. The Hall–Kier alpha value is -1.33. The molecule has 1 aromatic heterocycles. The second-order valence-electron chi connectivity index (χ2n) is 4.52. The van der Waals surface area contributed by atoms with E-state index in [-0.39, 0.29) is 18.1 Å². The molecule has 17 heavy (non-hydrogen) atoms. The fourth-order valence-corrected chi connectivity index (χ4v) is 2.02. The molecule has 0 bridgehead atoms. The van der Waals surface area contributed by atoms with Crippen molar-refractivity contribution in [1.82, 2.24) is 9.47 Å². The van der Waals surface area contributed by atoms with Gasteiger partial charge in [-0.1, -0.05) is 0 Å². The quantitative estimate of drug-likeness (QED) is 0.800. The fourth-order valence-electron chi connectivity index (χ4n) is 2.02. The third-order valence-corrected chi connectivity index (χ3v) is 3.13. The molecule has 1 fully saturated rings. The van der Waals surface area contributed by atoms with Crippen LogP contribution in [0.15, 0.2) is 18.3 Å². The van der Waals surface area contributed by atoms with Crippen LogP contribution in [0.2, 0.25) is 0 Å². The summed E-state index contributed by atoms with van der Waals surface area (Å²) in [6.07, 6.45) is 1.81.